The molecule has 0 aliphatic heterocycles. The number of nitrogens with zero attached hydrogens (tertiary/aromatic N) is 1. The smallest absolute Gasteiger partial charge is 0.259 e. The molecule has 0 aromatic rings. The molecule has 5 nitrogen and oxygen atoms in total. The van der Waals surface area contributed by atoms with Crippen LogP contribution in [0.5, 0.6) is 0 Å². The molecule has 0 saturated heterocycles. The van der Waals surface area contributed by atoms with Crippen LogP contribution in [0.25, 0.3) is 0 Å². The highest BCUT2D eigenvalue weighted by Gasteiger charge is 2.03. The van der Waals surface area contributed by atoms with E-state index in [2.05, 4.69) is 37.2 Å². The van der Waals surface area contributed by atoms with Gasteiger partial charge in [0.2, 0.25) is 0 Å². The average Bonchev–Trinajstić information content (AvgIpc) is 2.22. The molecule has 0 saturated carbocycles. The number of aliphatic hydroxyl groups excluding tert-OH is 1. The van der Waals surface area contributed by atoms with Gasteiger partial charge in [-0.1, -0.05) is 0 Å². The Bertz CT molecular complexity index is 177. The van der Waals surface area contributed by atoms with Gasteiger partial charge < -0.3 is 25.9 Å². The second-order valence-electron chi connectivity index (χ2n) is 2.21. The summed E-state index contributed by atoms with van der Waals surface area (Å²) in [6.45, 7) is 8.58. The van der Waals surface area contributed by atoms with Crippen LogP contribution in [-0.2, 0) is 4.74 Å². The van der Waals surface area contributed by atoms with Gasteiger partial charge in [0.05, 0.1) is 17.0 Å². The molecule has 0 bridgehead atoms. The van der Waals surface area contributed by atoms with Crippen molar-refractivity contribution in [2.24, 2.45) is 11.1 Å². The van der Waals surface area contributed by atoms with Crippen molar-refractivity contribution in [2.45, 2.75) is 20.8 Å². The lowest BCUT2D eigenvalue weighted by atomic mass is 10.6. The maximum Gasteiger partial charge on any atom is 0.259 e. The van der Waals surface area contributed by atoms with E-state index in [1.807, 2.05) is 11.8 Å². The Kier molecular flexibility index (Phi) is 22.2. The summed E-state index contributed by atoms with van der Waals surface area (Å²) >= 11 is 8.85. The number of ether oxygens (including phenoxy) is 1. The van der Waals surface area contributed by atoms with Crippen molar-refractivity contribution in [1.82, 2.24) is 4.90 Å². The molecular formula is C8H23N3O2S2Si. The van der Waals surface area contributed by atoms with Gasteiger partial charge in [-0.05, 0) is 45.2 Å². The number of thiocarbonyl (C=S) groups is 2. The summed E-state index contributed by atoms with van der Waals surface area (Å²) in [7, 11) is 0.806. The molecule has 0 radical (unpaired) electrons. The van der Waals surface area contributed by atoms with Crippen LogP contribution in [0.2, 0.25) is 0 Å². The van der Waals surface area contributed by atoms with E-state index >= 15 is 0 Å². The molecule has 0 aromatic carbocycles. The van der Waals surface area contributed by atoms with Crippen LogP contribution in [0.1, 0.15) is 20.8 Å². The zero-order valence-corrected chi connectivity index (χ0v) is 14.0. The van der Waals surface area contributed by atoms with Crippen LogP contribution in [0.3, 0.4) is 0 Å². The van der Waals surface area contributed by atoms with Crippen molar-refractivity contribution in [3.8, 4) is 0 Å². The van der Waals surface area contributed by atoms with Gasteiger partial charge in [-0.25, -0.2) is 0 Å². The molecule has 0 aliphatic rings. The highest BCUT2D eigenvalue weighted by molar-refractivity contribution is 7.80. The van der Waals surface area contributed by atoms with Crippen LogP contribution in [0.4, 0.5) is 0 Å². The van der Waals surface area contributed by atoms with Gasteiger partial charge in [0, 0.05) is 13.1 Å². The van der Waals surface area contributed by atoms with Gasteiger partial charge in [-0.2, -0.15) is 0 Å². The van der Waals surface area contributed by atoms with Gasteiger partial charge >= 0.3 is 0 Å². The van der Waals surface area contributed by atoms with Gasteiger partial charge in [-0.15, -0.1) is 0 Å². The highest BCUT2D eigenvalue weighted by Crippen LogP contribution is 1.92. The normalized spacial score (nSPS) is 7.75. The van der Waals surface area contributed by atoms with E-state index in [1.165, 1.54) is 0 Å². The van der Waals surface area contributed by atoms with Crippen molar-refractivity contribution in [1.29, 1.82) is 0 Å². The molecular weight excluding hydrogens is 262 g/mol. The molecule has 0 amide bonds. The molecule has 8 heteroatoms. The van der Waals surface area contributed by atoms with Crippen LogP contribution in [-0.4, -0.2) is 50.5 Å². The van der Waals surface area contributed by atoms with Gasteiger partial charge in [-0.3, -0.25) is 0 Å². The van der Waals surface area contributed by atoms with E-state index in [1.54, 1.807) is 0 Å². The number of hydrogen-bond donors (Lipinski definition) is 3. The number of nitrogens with two attached hydrogens (primary N) is 2. The van der Waals surface area contributed by atoms with E-state index in [0.717, 1.165) is 23.5 Å². The lowest BCUT2D eigenvalue weighted by molar-refractivity contribution is 0.264. The standard InChI is InChI=1S/C7H15NOS.CH3NOS.H5NSi/c1-4-8(5-2)7(10)9-6-3;2-1(3)4;1-2/h4-6H2,1-3H3;(H3,2,3,4);1H2,2H3. The highest BCUT2D eigenvalue weighted by atomic mass is 32.1. The van der Waals surface area contributed by atoms with Crippen molar-refractivity contribution in [2.75, 3.05) is 19.7 Å². The molecule has 16 heavy (non-hydrogen) atoms. The molecule has 0 unspecified atom stereocenters. The van der Waals surface area contributed by atoms with Crippen molar-refractivity contribution >= 4 is 45.2 Å². The monoisotopic (exact) mass is 285 g/mol. The Hall–Kier alpha value is -0.443. The fourth-order valence-electron chi connectivity index (χ4n) is 0.697. The van der Waals surface area contributed by atoms with Crippen LogP contribution in [0.15, 0.2) is 0 Å². The van der Waals surface area contributed by atoms with Crippen molar-refractivity contribution < 1.29 is 9.84 Å². The van der Waals surface area contributed by atoms with Crippen LogP contribution < -0.4 is 11.1 Å². The third-order valence-corrected chi connectivity index (χ3v) is 1.67. The minimum Gasteiger partial charge on any atom is -0.487 e. The van der Waals surface area contributed by atoms with Gasteiger partial charge in [0.15, 0.2) is 0 Å². The summed E-state index contributed by atoms with van der Waals surface area (Å²) in [4.78, 5) is 2.01. The number of rotatable bonds is 3. The summed E-state index contributed by atoms with van der Waals surface area (Å²) in [5, 5.41) is 12.3. The lowest BCUT2D eigenvalue weighted by Gasteiger charge is -2.20. The van der Waals surface area contributed by atoms with E-state index < -0.39 is 5.17 Å². The Morgan fingerprint density at radius 3 is 1.75 bits per heavy atom. The number of hydrogen-bond acceptors (Lipinski definition) is 4. The first-order chi connectivity index (χ1) is 7.49. The zero-order valence-electron chi connectivity index (χ0n) is 10.4. The van der Waals surface area contributed by atoms with Crippen molar-refractivity contribution in [3.05, 3.63) is 0 Å². The SMILES string of the molecule is CCOC(=S)N(CC)CC.NC(O)=S.N[SiH3]. The summed E-state index contributed by atoms with van der Waals surface area (Å²) < 4.78 is 5.14. The summed E-state index contributed by atoms with van der Waals surface area (Å²) in [5.74, 6) is 0. The summed E-state index contributed by atoms with van der Waals surface area (Å²) in [6, 6.07) is 0. The molecule has 0 aromatic heterocycles. The van der Waals surface area contributed by atoms with Crippen LogP contribution >= 0.6 is 24.4 Å². The molecule has 98 valence electrons. The van der Waals surface area contributed by atoms with Gasteiger partial charge in [0.1, 0.15) is 0 Å². The number of aliphatic hydroxyl groups is 1. The molecule has 0 rings (SSSR count). The Balaban J connectivity index is -0.000000237. The Labute approximate surface area is 112 Å². The zero-order chi connectivity index (χ0) is 13.6. The minimum atomic E-state index is -0.500. The molecule has 0 fully saturated rings. The second kappa shape index (κ2) is 17.0. The molecule has 0 atom stereocenters. The molecule has 5 N–H and O–H groups in total. The molecule has 0 spiro atoms. The van der Waals surface area contributed by atoms with Gasteiger partial charge in [0.25, 0.3) is 10.3 Å². The minimum absolute atomic E-state index is 0.500. The summed E-state index contributed by atoms with van der Waals surface area (Å²) in [5.41, 5.74) is 4.40. The third kappa shape index (κ3) is 19.2. The maximum atomic E-state index is 7.56. The summed E-state index contributed by atoms with van der Waals surface area (Å²) in [6.07, 6.45) is 0. The first kappa shape index (κ1) is 20.9. The first-order valence-electron chi connectivity index (χ1n) is 4.97. The van der Waals surface area contributed by atoms with E-state index in [4.69, 9.17) is 22.1 Å². The Morgan fingerprint density at radius 2 is 1.56 bits per heavy atom. The quantitative estimate of drug-likeness (QED) is 0.483. The molecule has 0 heterocycles. The topological polar surface area (TPSA) is 84.7 Å². The molecule has 0 aliphatic carbocycles. The fraction of sp³-hybridized carbons (Fsp3) is 0.750. The fourth-order valence-corrected chi connectivity index (χ4v) is 1.07. The lowest BCUT2D eigenvalue weighted by Crippen LogP contribution is -2.30. The third-order valence-electron chi connectivity index (χ3n) is 1.29. The van der Waals surface area contributed by atoms with E-state index in [9.17, 15) is 0 Å². The predicted octanol–water partition coefficient (Wildman–Crippen LogP) is -0.337. The average molecular weight is 286 g/mol. The maximum absolute atomic E-state index is 7.56. The predicted molar refractivity (Wildman–Crippen MR) is 80.7 cm³/mol. The van der Waals surface area contributed by atoms with Crippen molar-refractivity contribution in [3.63, 3.8) is 0 Å². The van der Waals surface area contributed by atoms with Crippen LogP contribution in [0, 0.1) is 0 Å². The second-order valence-corrected chi connectivity index (χ2v) is 2.98. The van der Waals surface area contributed by atoms with E-state index in [-0.39, 0.29) is 0 Å². The van der Waals surface area contributed by atoms with E-state index in [0.29, 0.717) is 11.8 Å². The largest absolute Gasteiger partial charge is 0.487 e. The Morgan fingerprint density at radius 1 is 1.25 bits per heavy atom. The first-order valence-corrected chi connectivity index (χ1v) is 6.94.